The zero-order valence-electron chi connectivity index (χ0n) is 21.3. The van der Waals surface area contributed by atoms with Crippen molar-refractivity contribution < 1.29 is 19.1 Å². The van der Waals surface area contributed by atoms with Crippen molar-refractivity contribution in [3.63, 3.8) is 0 Å². The van der Waals surface area contributed by atoms with E-state index >= 15 is 0 Å². The van der Waals surface area contributed by atoms with Gasteiger partial charge in [-0.05, 0) is 70.6 Å². The van der Waals surface area contributed by atoms with Crippen molar-refractivity contribution in [3.8, 4) is 5.69 Å². The minimum absolute atomic E-state index is 0.0388. The lowest BCUT2D eigenvalue weighted by atomic mass is 9.94. The summed E-state index contributed by atoms with van der Waals surface area (Å²) < 4.78 is 13.3. The van der Waals surface area contributed by atoms with Crippen molar-refractivity contribution in [2.75, 3.05) is 32.8 Å². The third kappa shape index (κ3) is 4.08. The normalized spacial score (nSPS) is 26.9. The maximum atomic E-state index is 13.6. The van der Waals surface area contributed by atoms with Gasteiger partial charge in [-0.15, -0.1) is 5.10 Å². The van der Waals surface area contributed by atoms with Crippen LogP contribution in [0.2, 0.25) is 0 Å². The molecule has 0 spiro atoms. The molecule has 4 heterocycles. The van der Waals surface area contributed by atoms with Crippen LogP contribution in [-0.2, 0) is 27.1 Å². The van der Waals surface area contributed by atoms with Crippen molar-refractivity contribution in [1.29, 1.82) is 0 Å². The number of morpholine rings is 1. The van der Waals surface area contributed by atoms with Crippen LogP contribution in [0.1, 0.15) is 58.0 Å². The van der Waals surface area contributed by atoms with Crippen LogP contribution in [0.15, 0.2) is 42.7 Å². The summed E-state index contributed by atoms with van der Waals surface area (Å²) in [4.78, 5) is 30.3. The Balaban J connectivity index is 1.01. The standard InChI is InChI=1S/C28H30N6O4/c1-17-10-20-11-19(3-5-24(20)28(36)38-17)26-14-32-8-9-33(13-22(32)15-37-26)27(35)25-6-2-18-12-21(4-7-23(18)25)34-16-29-30-31-34/h3-5,7,11-12,16-17,22,25-26H,2,6,8-10,13-15H2,1H3. The first kappa shape index (κ1) is 23.5. The number of fused-ring (bicyclic) bond motifs is 3. The summed E-state index contributed by atoms with van der Waals surface area (Å²) in [6.07, 6.45) is 3.88. The number of hydrogen-bond donors (Lipinski definition) is 0. The zero-order chi connectivity index (χ0) is 25.8. The predicted octanol–water partition coefficient (Wildman–Crippen LogP) is 2.08. The van der Waals surface area contributed by atoms with Crippen LogP contribution in [0.3, 0.4) is 0 Å². The minimum atomic E-state index is -0.242. The molecular weight excluding hydrogens is 484 g/mol. The quantitative estimate of drug-likeness (QED) is 0.490. The first-order valence-corrected chi connectivity index (χ1v) is 13.4. The number of rotatable bonds is 3. The van der Waals surface area contributed by atoms with Gasteiger partial charge in [0, 0.05) is 32.6 Å². The van der Waals surface area contributed by atoms with Gasteiger partial charge in [0.1, 0.15) is 12.4 Å². The molecule has 0 radical (unpaired) electrons. The van der Waals surface area contributed by atoms with E-state index in [-0.39, 0.29) is 36.0 Å². The topological polar surface area (TPSA) is 103 Å². The van der Waals surface area contributed by atoms with Crippen molar-refractivity contribution in [1.82, 2.24) is 30.0 Å². The number of benzene rings is 2. The smallest absolute Gasteiger partial charge is 0.338 e. The lowest BCUT2D eigenvalue weighted by molar-refractivity contribution is -0.141. The molecule has 2 aromatic carbocycles. The highest BCUT2D eigenvalue weighted by Gasteiger charge is 2.39. The molecule has 1 aromatic heterocycles. The first-order valence-electron chi connectivity index (χ1n) is 13.4. The second kappa shape index (κ2) is 9.28. The van der Waals surface area contributed by atoms with Crippen molar-refractivity contribution in [2.24, 2.45) is 0 Å². The van der Waals surface area contributed by atoms with Crippen LogP contribution in [0.4, 0.5) is 0 Å². The summed E-state index contributed by atoms with van der Waals surface area (Å²) in [6, 6.07) is 12.3. The second-order valence-corrected chi connectivity index (χ2v) is 10.8. The number of cyclic esters (lactones) is 1. The maximum absolute atomic E-state index is 13.6. The van der Waals surface area contributed by atoms with Crippen molar-refractivity contribution >= 4 is 11.9 Å². The fourth-order valence-corrected chi connectivity index (χ4v) is 6.47. The average molecular weight is 515 g/mol. The SMILES string of the molecule is CC1Cc2cc(C3CN4CCN(C(=O)C5CCc6cc(-n7cnnn7)ccc65)CC4CO3)ccc2C(=O)O1. The third-order valence-electron chi connectivity index (χ3n) is 8.46. The number of hydrogen-bond acceptors (Lipinski definition) is 8. The van der Waals surface area contributed by atoms with Gasteiger partial charge in [-0.3, -0.25) is 9.69 Å². The summed E-state index contributed by atoms with van der Waals surface area (Å²) in [5.74, 6) is -0.119. The Morgan fingerprint density at radius 1 is 1.08 bits per heavy atom. The van der Waals surface area contributed by atoms with Gasteiger partial charge >= 0.3 is 5.97 Å². The molecule has 0 saturated carbocycles. The number of carbonyl (C=O) groups excluding carboxylic acids is 2. The summed E-state index contributed by atoms with van der Waals surface area (Å²) in [7, 11) is 0. The van der Waals surface area contributed by atoms with Crippen LogP contribution < -0.4 is 0 Å². The van der Waals surface area contributed by atoms with Crippen LogP contribution >= 0.6 is 0 Å². The van der Waals surface area contributed by atoms with Gasteiger partial charge in [0.2, 0.25) is 5.91 Å². The van der Waals surface area contributed by atoms with E-state index in [0.717, 1.165) is 61.3 Å². The number of piperazine rings is 1. The molecule has 1 amide bonds. The summed E-state index contributed by atoms with van der Waals surface area (Å²) in [5, 5.41) is 11.4. The van der Waals surface area contributed by atoms with E-state index in [1.165, 1.54) is 5.56 Å². The van der Waals surface area contributed by atoms with Crippen molar-refractivity contribution in [3.05, 3.63) is 70.5 Å². The van der Waals surface area contributed by atoms with Crippen LogP contribution in [0.25, 0.3) is 5.69 Å². The maximum Gasteiger partial charge on any atom is 0.338 e. The Labute approximate surface area is 220 Å². The molecule has 10 heteroatoms. The van der Waals surface area contributed by atoms with Gasteiger partial charge in [0.15, 0.2) is 0 Å². The fourth-order valence-electron chi connectivity index (χ4n) is 6.47. The van der Waals surface area contributed by atoms with E-state index in [2.05, 4.69) is 38.6 Å². The molecule has 38 heavy (non-hydrogen) atoms. The van der Waals surface area contributed by atoms with E-state index in [0.29, 0.717) is 18.7 Å². The van der Waals surface area contributed by atoms with Gasteiger partial charge < -0.3 is 14.4 Å². The molecule has 7 rings (SSSR count). The number of aryl methyl sites for hydroxylation is 1. The van der Waals surface area contributed by atoms with Gasteiger partial charge in [0.05, 0.1) is 35.9 Å². The predicted molar refractivity (Wildman–Crippen MR) is 136 cm³/mol. The molecule has 4 aliphatic rings. The second-order valence-electron chi connectivity index (χ2n) is 10.8. The monoisotopic (exact) mass is 514 g/mol. The molecule has 196 valence electrons. The lowest BCUT2D eigenvalue weighted by Gasteiger charge is -2.46. The van der Waals surface area contributed by atoms with E-state index < -0.39 is 0 Å². The minimum Gasteiger partial charge on any atom is -0.459 e. The van der Waals surface area contributed by atoms with E-state index in [4.69, 9.17) is 9.47 Å². The lowest BCUT2D eigenvalue weighted by Crippen LogP contribution is -2.60. The highest BCUT2D eigenvalue weighted by Crippen LogP contribution is 2.37. The highest BCUT2D eigenvalue weighted by atomic mass is 16.5. The van der Waals surface area contributed by atoms with Gasteiger partial charge in [-0.25, -0.2) is 9.48 Å². The van der Waals surface area contributed by atoms with Crippen LogP contribution in [-0.4, -0.2) is 86.8 Å². The first-order chi connectivity index (χ1) is 18.5. The van der Waals surface area contributed by atoms with Gasteiger partial charge in [-0.1, -0.05) is 18.2 Å². The Morgan fingerprint density at radius 3 is 2.87 bits per heavy atom. The molecule has 10 nitrogen and oxygen atoms in total. The van der Waals surface area contributed by atoms with E-state index in [9.17, 15) is 9.59 Å². The van der Waals surface area contributed by atoms with Gasteiger partial charge in [0.25, 0.3) is 0 Å². The molecule has 4 atom stereocenters. The molecule has 0 N–H and O–H groups in total. The number of aromatic nitrogens is 4. The zero-order valence-corrected chi connectivity index (χ0v) is 21.3. The largest absolute Gasteiger partial charge is 0.459 e. The number of amides is 1. The Kier molecular flexibility index (Phi) is 5.74. The summed E-state index contributed by atoms with van der Waals surface area (Å²) in [5.41, 5.74) is 6.04. The number of tetrazole rings is 1. The number of carbonyl (C=O) groups is 2. The molecule has 2 fully saturated rings. The molecule has 3 aromatic rings. The molecular formula is C28H30N6O4. The molecule has 1 aliphatic carbocycles. The highest BCUT2D eigenvalue weighted by molar-refractivity contribution is 5.92. The van der Waals surface area contributed by atoms with Crippen LogP contribution in [0, 0.1) is 0 Å². The number of ether oxygens (including phenoxy) is 2. The third-order valence-corrected chi connectivity index (χ3v) is 8.46. The van der Waals surface area contributed by atoms with E-state index in [1.807, 2.05) is 30.0 Å². The Morgan fingerprint density at radius 2 is 2.00 bits per heavy atom. The van der Waals surface area contributed by atoms with Gasteiger partial charge in [-0.2, -0.15) is 0 Å². The van der Waals surface area contributed by atoms with Crippen molar-refractivity contribution in [2.45, 2.75) is 50.4 Å². The summed E-state index contributed by atoms with van der Waals surface area (Å²) >= 11 is 0. The molecule has 3 aliphatic heterocycles. The summed E-state index contributed by atoms with van der Waals surface area (Å²) in [6.45, 7) is 5.55. The average Bonchev–Trinajstić information content (AvgIpc) is 3.62. The number of esters is 1. The molecule has 4 unspecified atom stereocenters. The Bertz CT molecular complexity index is 1390. The van der Waals surface area contributed by atoms with Crippen LogP contribution in [0.5, 0.6) is 0 Å². The molecule has 0 bridgehead atoms. The Hall–Kier alpha value is -3.63. The molecule has 2 saturated heterocycles. The fraction of sp³-hybridized carbons (Fsp3) is 0.464. The number of nitrogens with zero attached hydrogens (tertiary/aromatic N) is 6. The van der Waals surface area contributed by atoms with E-state index in [1.54, 1.807) is 11.0 Å².